The van der Waals surface area contributed by atoms with Gasteiger partial charge in [0.05, 0.1) is 12.5 Å². The molecule has 0 spiro atoms. The monoisotopic (exact) mass is 242 g/mol. The van der Waals surface area contributed by atoms with Crippen molar-refractivity contribution in [3.8, 4) is 0 Å². The van der Waals surface area contributed by atoms with E-state index in [1.807, 2.05) is 14.0 Å². The van der Waals surface area contributed by atoms with Crippen LogP contribution in [0.25, 0.3) is 0 Å². The van der Waals surface area contributed by atoms with Crippen LogP contribution in [0.4, 0.5) is 0 Å². The number of likely N-dealkylation sites (N-methyl/N-ethyl adjacent to an activating group) is 1. The maximum atomic E-state index is 12.1. The van der Waals surface area contributed by atoms with E-state index in [4.69, 9.17) is 11.5 Å². The second-order valence-electron chi connectivity index (χ2n) is 4.77. The van der Waals surface area contributed by atoms with Crippen LogP contribution in [0.15, 0.2) is 0 Å². The Labute approximate surface area is 102 Å². The van der Waals surface area contributed by atoms with Crippen LogP contribution >= 0.6 is 0 Å². The van der Waals surface area contributed by atoms with E-state index in [1.165, 1.54) is 0 Å². The van der Waals surface area contributed by atoms with Crippen LogP contribution in [0.5, 0.6) is 0 Å². The fraction of sp³-hybridized carbons (Fsp3) is 0.818. The molecule has 0 aromatic carbocycles. The quantitative estimate of drug-likeness (QED) is 0.646. The Morgan fingerprint density at radius 1 is 1.41 bits per heavy atom. The van der Waals surface area contributed by atoms with Crippen LogP contribution < -0.4 is 11.5 Å². The molecule has 98 valence electrons. The van der Waals surface area contributed by atoms with Gasteiger partial charge in [0.25, 0.3) is 0 Å². The number of rotatable bonds is 3. The van der Waals surface area contributed by atoms with Crippen LogP contribution in [-0.2, 0) is 9.59 Å². The summed E-state index contributed by atoms with van der Waals surface area (Å²) < 4.78 is 0. The van der Waals surface area contributed by atoms with Gasteiger partial charge in [-0.3, -0.25) is 9.59 Å². The molecule has 1 saturated heterocycles. The summed E-state index contributed by atoms with van der Waals surface area (Å²) >= 11 is 0. The van der Waals surface area contributed by atoms with E-state index in [-0.39, 0.29) is 18.4 Å². The van der Waals surface area contributed by atoms with E-state index in [2.05, 4.69) is 4.90 Å². The van der Waals surface area contributed by atoms with Crippen molar-refractivity contribution in [1.29, 1.82) is 0 Å². The number of primary amides is 1. The summed E-state index contributed by atoms with van der Waals surface area (Å²) in [4.78, 5) is 26.8. The Hall–Kier alpha value is -1.14. The highest BCUT2D eigenvalue weighted by Gasteiger charge is 2.28. The molecule has 1 heterocycles. The predicted octanol–water partition coefficient (Wildman–Crippen LogP) is -1.26. The molecular weight excluding hydrogens is 220 g/mol. The van der Waals surface area contributed by atoms with Crippen molar-refractivity contribution in [2.45, 2.75) is 31.8 Å². The van der Waals surface area contributed by atoms with Gasteiger partial charge in [0, 0.05) is 19.1 Å². The number of carbonyl (C=O) groups is 2. The van der Waals surface area contributed by atoms with Crippen molar-refractivity contribution in [1.82, 2.24) is 9.80 Å². The van der Waals surface area contributed by atoms with E-state index in [0.717, 1.165) is 19.5 Å². The first kappa shape index (κ1) is 13.9. The minimum absolute atomic E-state index is 0.0854. The summed E-state index contributed by atoms with van der Waals surface area (Å²) in [6.45, 7) is 4.49. The Bertz CT molecular complexity index is 295. The predicted molar refractivity (Wildman–Crippen MR) is 65.1 cm³/mol. The van der Waals surface area contributed by atoms with Crippen molar-refractivity contribution in [3.05, 3.63) is 0 Å². The summed E-state index contributed by atoms with van der Waals surface area (Å²) in [5.74, 6) is -0.711. The molecule has 1 fully saturated rings. The third-order valence-electron chi connectivity index (χ3n) is 3.07. The Kier molecular flexibility index (Phi) is 4.89. The fourth-order valence-electron chi connectivity index (χ4n) is 2.22. The highest BCUT2D eigenvalue weighted by atomic mass is 16.2. The standard InChI is InChI=1S/C11H22N4O2/c1-8-7-14(2)4-3-5-15(8)11(17)9(12)6-10(13)16/h8-9H,3-7,12H2,1-2H3,(H2,13,16). The summed E-state index contributed by atoms with van der Waals surface area (Å²) in [5, 5.41) is 0. The molecule has 4 N–H and O–H groups in total. The van der Waals surface area contributed by atoms with Gasteiger partial charge in [0.2, 0.25) is 11.8 Å². The van der Waals surface area contributed by atoms with Gasteiger partial charge in [0.1, 0.15) is 0 Å². The number of hydrogen-bond acceptors (Lipinski definition) is 4. The number of amides is 2. The summed E-state index contributed by atoms with van der Waals surface area (Å²) in [7, 11) is 2.04. The van der Waals surface area contributed by atoms with E-state index in [0.29, 0.717) is 6.54 Å². The lowest BCUT2D eigenvalue weighted by atomic mass is 10.1. The Morgan fingerprint density at radius 3 is 2.65 bits per heavy atom. The first-order valence-electron chi connectivity index (χ1n) is 5.94. The first-order valence-corrected chi connectivity index (χ1v) is 5.94. The molecule has 1 aliphatic heterocycles. The second-order valence-corrected chi connectivity index (χ2v) is 4.77. The molecule has 0 aliphatic carbocycles. The number of carbonyl (C=O) groups excluding carboxylic acids is 2. The average molecular weight is 242 g/mol. The second kappa shape index (κ2) is 5.97. The summed E-state index contributed by atoms with van der Waals surface area (Å²) in [6.07, 6.45) is 0.841. The minimum Gasteiger partial charge on any atom is -0.370 e. The maximum Gasteiger partial charge on any atom is 0.240 e. The van der Waals surface area contributed by atoms with Crippen molar-refractivity contribution in [3.63, 3.8) is 0 Å². The van der Waals surface area contributed by atoms with Crippen LogP contribution in [-0.4, -0.2) is 60.4 Å². The molecule has 6 heteroatoms. The SMILES string of the molecule is CC1CN(C)CCCN1C(=O)C(N)CC(N)=O. The lowest BCUT2D eigenvalue weighted by molar-refractivity contribution is -0.136. The van der Waals surface area contributed by atoms with E-state index < -0.39 is 11.9 Å². The van der Waals surface area contributed by atoms with Crippen molar-refractivity contribution in [2.75, 3.05) is 26.7 Å². The molecular formula is C11H22N4O2. The van der Waals surface area contributed by atoms with Crippen molar-refractivity contribution < 1.29 is 9.59 Å². The maximum absolute atomic E-state index is 12.1. The summed E-state index contributed by atoms with van der Waals surface area (Å²) in [6, 6.07) is -0.688. The molecule has 0 aromatic rings. The van der Waals surface area contributed by atoms with Crippen molar-refractivity contribution in [2.24, 2.45) is 11.5 Å². The van der Waals surface area contributed by atoms with Gasteiger partial charge in [-0.15, -0.1) is 0 Å². The van der Waals surface area contributed by atoms with Gasteiger partial charge in [0.15, 0.2) is 0 Å². The largest absolute Gasteiger partial charge is 0.370 e. The molecule has 2 amide bonds. The van der Waals surface area contributed by atoms with Crippen LogP contribution in [0.1, 0.15) is 19.8 Å². The van der Waals surface area contributed by atoms with Crippen LogP contribution in [0, 0.1) is 0 Å². The minimum atomic E-state index is -0.807. The van der Waals surface area contributed by atoms with Crippen LogP contribution in [0.3, 0.4) is 0 Å². The molecule has 1 rings (SSSR count). The smallest absolute Gasteiger partial charge is 0.240 e. The van der Waals surface area contributed by atoms with Crippen molar-refractivity contribution >= 4 is 11.8 Å². The van der Waals surface area contributed by atoms with Gasteiger partial charge < -0.3 is 21.3 Å². The van der Waals surface area contributed by atoms with Gasteiger partial charge >= 0.3 is 0 Å². The van der Waals surface area contributed by atoms with Gasteiger partial charge in [-0.05, 0) is 26.9 Å². The van der Waals surface area contributed by atoms with Crippen LogP contribution in [0.2, 0.25) is 0 Å². The highest BCUT2D eigenvalue weighted by molar-refractivity contribution is 5.87. The molecule has 0 bridgehead atoms. The third-order valence-corrected chi connectivity index (χ3v) is 3.07. The van der Waals surface area contributed by atoms with E-state index in [1.54, 1.807) is 4.90 Å². The first-order chi connectivity index (χ1) is 7.91. The zero-order valence-electron chi connectivity index (χ0n) is 10.6. The molecule has 2 atom stereocenters. The molecule has 17 heavy (non-hydrogen) atoms. The molecule has 0 aromatic heterocycles. The molecule has 0 radical (unpaired) electrons. The van der Waals surface area contributed by atoms with Gasteiger partial charge in [-0.1, -0.05) is 0 Å². The lowest BCUT2D eigenvalue weighted by Gasteiger charge is -2.30. The van der Waals surface area contributed by atoms with E-state index >= 15 is 0 Å². The molecule has 6 nitrogen and oxygen atoms in total. The Balaban J connectivity index is 2.63. The topological polar surface area (TPSA) is 92.7 Å². The highest BCUT2D eigenvalue weighted by Crippen LogP contribution is 2.10. The average Bonchev–Trinajstić information content (AvgIpc) is 2.37. The number of nitrogens with zero attached hydrogens (tertiary/aromatic N) is 2. The number of hydrogen-bond donors (Lipinski definition) is 2. The third kappa shape index (κ3) is 3.98. The lowest BCUT2D eigenvalue weighted by Crippen LogP contribution is -2.50. The molecule has 1 aliphatic rings. The van der Waals surface area contributed by atoms with Gasteiger partial charge in [-0.25, -0.2) is 0 Å². The zero-order valence-corrected chi connectivity index (χ0v) is 10.6. The number of nitrogens with two attached hydrogens (primary N) is 2. The Morgan fingerprint density at radius 2 is 2.06 bits per heavy atom. The normalized spacial score (nSPS) is 24.2. The molecule has 0 saturated carbocycles. The van der Waals surface area contributed by atoms with Gasteiger partial charge in [-0.2, -0.15) is 0 Å². The zero-order chi connectivity index (χ0) is 13.0. The fourth-order valence-corrected chi connectivity index (χ4v) is 2.22. The van der Waals surface area contributed by atoms with E-state index in [9.17, 15) is 9.59 Å². The summed E-state index contributed by atoms with van der Waals surface area (Å²) in [5.41, 5.74) is 10.7. The molecule has 2 unspecified atom stereocenters.